The van der Waals surface area contributed by atoms with E-state index in [1.165, 1.54) is 6.08 Å². The lowest BCUT2D eigenvalue weighted by atomic mass is 9.97. The van der Waals surface area contributed by atoms with Gasteiger partial charge in [0.25, 0.3) is 0 Å². The fourth-order valence-corrected chi connectivity index (χ4v) is 3.48. The van der Waals surface area contributed by atoms with Crippen LogP contribution in [0.4, 0.5) is 0 Å². The van der Waals surface area contributed by atoms with E-state index in [0.29, 0.717) is 23.9 Å². The van der Waals surface area contributed by atoms with Crippen molar-refractivity contribution in [3.8, 4) is 17.2 Å². The van der Waals surface area contributed by atoms with Gasteiger partial charge in [0.1, 0.15) is 0 Å². The van der Waals surface area contributed by atoms with E-state index in [4.69, 9.17) is 18.9 Å². The Labute approximate surface area is 182 Å². The molecule has 0 saturated heterocycles. The molecule has 31 heavy (non-hydrogen) atoms. The van der Waals surface area contributed by atoms with Gasteiger partial charge in [-0.2, -0.15) is 0 Å². The molecule has 3 rings (SSSR count). The zero-order chi connectivity index (χ0) is 22.5. The first-order valence-electron chi connectivity index (χ1n) is 9.87. The molecule has 0 aliphatic rings. The molecule has 0 saturated carbocycles. The van der Waals surface area contributed by atoms with Crippen molar-refractivity contribution in [2.24, 2.45) is 7.05 Å². The molecule has 162 valence electrons. The van der Waals surface area contributed by atoms with Crippen molar-refractivity contribution >= 4 is 28.5 Å². The molecule has 0 amide bonds. The summed E-state index contributed by atoms with van der Waals surface area (Å²) in [6.07, 6.45) is 3.19. The lowest BCUT2D eigenvalue weighted by Crippen LogP contribution is -1.99. The molecule has 1 heterocycles. The second-order valence-corrected chi connectivity index (χ2v) is 6.88. The predicted molar refractivity (Wildman–Crippen MR) is 123 cm³/mol. The molecule has 6 nitrogen and oxygen atoms in total. The van der Waals surface area contributed by atoms with Gasteiger partial charge < -0.3 is 23.5 Å². The Morgan fingerprint density at radius 3 is 2.26 bits per heavy atom. The van der Waals surface area contributed by atoms with Crippen molar-refractivity contribution in [2.75, 3.05) is 27.9 Å². The molecule has 0 N–H and O–H groups in total. The largest absolute Gasteiger partial charge is 0.493 e. The average Bonchev–Trinajstić information content (AvgIpc) is 3.11. The third-order valence-corrected chi connectivity index (χ3v) is 5.12. The number of methoxy groups -OCH3 is 3. The number of rotatable bonds is 8. The number of aryl methyl sites for hydroxylation is 1. The number of nitrogens with zero attached hydrogens (tertiary/aromatic N) is 1. The van der Waals surface area contributed by atoms with Crippen LogP contribution in [-0.2, 0) is 16.6 Å². The Morgan fingerprint density at radius 1 is 1.00 bits per heavy atom. The first-order chi connectivity index (χ1) is 14.9. The van der Waals surface area contributed by atoms with Gasteiger partial charge in [0.2, 0.25) is 5.75 Å². The normalized spacial score (nSPS) is 11.0. The van der Waals surface area contributed by atoms with Gasteiger partial charge in [-0.1, -0.05) is 12.6 Å². The number of hydrogen-bond acceptors (Lipinski definition) is 5. The van der Waals surface area contributed by atoms with Crippen LogP contribution in [-0.4, -0.2) is 38.5 Å². The number of ether oxygens (including phenoxy) is 4. The number of benzene rings is 2. The van der Waals surface area contributed by atoms with Crippen molar-refractivity contribution < 1.29 is 23.7 Å². The highest BCUT2D eigenvalue weighted by molar-refractivity contribution is 5.92. The van der Waals surface area contributed by atoms with E-state index < -0.39 is 0 Å². The second-order valence-electron chi connectivity index (χ2n) is 6.88. The molecule has 1 aromatic heterocycles. The Bertz CT molecular complexity index is 1130. The minimum Gasteiger partial charge on any atom is -0.493 e. The summed E-state index contributed by atoms with van der Waals surface area (Å²) in [4.78, 5) is 11.6. The minimum absolute atomic E-state index is 0.352. The fraction of sp³-hybridized carbons (Fsp3) is 0.240. The topological polar surface area (TPSA) is 58.9 Å². The Balaban J connectivity index is 1.98. The monoisotopic (exact) mass is 421 g/mol. The van der Waals surface area contributed by atoms with E-state index in [2.05, 4.69) is 12.6 Å². The first-order valence-corrected chi connectivity index (χ1v) is 9.87. The molecule has 3 aromatic rings. The van der Waals surface area contributed by atoms with Gasteiger partial charge in [-0.15, -0.1) is 0 Å². The van der Waals surface area contributed by atoms with E-state index in [9.17, 15) is 4.79 Å². The molecule has 2 aromatic carbocycles. The quantitative estimate of drug-likeness (QED) is 0.385. The highest BCUT2D eigenvalue weighted by atomic mass is 16.5. The van der Waals surface area contributed by atoms with Gasteiger partial charge in [0.15, 0.2) is 11.5 Å². The Morgan fingerprint density at radius 2 is 1.68 bits per heavy atom. The van der Waals surface area contributed by atoms with E-state index in [1.54, 1.807) is 34.3 Å². The van der Waals surface area contributed by atoms with Gasteiger partial charge in [-0.3, -0.25) is 0 Å². The summed E-state index contributed by atoms with van der Waals surface area (Å²) in [6, 6.07) is 11.9. The van der Waals surface area contributed by atoms with Crippen LogP contribution in [0.1, 0.15) is 23.7 Å². The molecule has 0 fully saturated rings. The van der Waals surface area contributed by atoms with E-state index in [0.717, 1.165) is 33.3 Å². The van der Waals surface area contributed by atoms with Gasteiger partial charge in [-0.25, -0.2) is 4.79 Å². The smallest absolute Gasteiger partial charge is 0.330 e. The number of carbonyl (C=O) groups is 1. The standard InChI is InChI=1S/C25H27NO5/c1-7-31-24(27)11-9-20-13-19-12-17(8-10-21(19)26(20)3)16(2)18-14-22(28-4)25(30-6)23(15-18)29-5/h8-15H,2,7H2,1,3-6H3/b11-9+. The van der Waals surface area contributed by atoms with Crippen LogP contribution >= 0.6 is 0 Å². The summed E-state index contributed by atoms with van der Waals surface area (Å²) in [6.45, 7) is 6.42. The summed E-state index contributed by atoms with van der Waals surface area (Å²) >= 11 is 0. The van der Waals surface area contributed by atoms with Crippen LogP contribution in [0.3, 0.4) is 0 Å². The Kier molecular flexibility index (Phi) is 6.70. The van der Waals surface area contributed by atoms with Gasteiger partial charge in [0, 0.05) is 29.7 Å². The van der Waals surface area contributed by atoms with Crippen molar-refractivity contribution in [1.29, 1.82) is 0 Å². The number of carbonyl (C=O) groups excluding carboxylic acids is 1. The van der Waals surface area contributed by atoms with Gasteiger partial charge >= 0.3 is 5.97 Å². The molecule has 0 radical (unpaired) electrons. The molecule has 0 spiro atoms. The lowest BCUT2D eigenvalue weighted by Gasteiger charge is -2.15. The maximum Gasteiger partial charge on any atom is 0.330 e. The second kappa shape index (κ2) is 9.43. The zero-order valence-corrected chi connectivity index (χ0v) is 18.5. The zero-order valence-electron chi connectivity index (χ0n) is 18.5. The van der Waals surface area contributed by atoms with E-state index in [1.807, 2.05) is 41.9 Å². The maximum atomic E-state index is 11.6. The summed E-state index contributed by atoms with van der Waals surface area (Å²) in [5.74, 6) is 1.33. The Hall–Kier alpha value is -3.67. The van der Waals surface area contributed by atoms with Crippen LogP contribution in [0.25, 0.3) is 22.6 Å². The van der Waals surface area contributed by atoms with Crippen LogP contribution < -0.4 is 14.2 Å². The van der Waals surface area contributed by atoms with Crippen molar-refractivity contribution in [3.05, 3.63) is 65.9 Å². The molecule has 0 atom stereocenters. The number of hydrogen-bond donors (Lipinski definition) is 0. The summed E-state index contributed by atoms with van der Waals surface area (Å²) in [7, 11) is 6.71. The SMILES string of the molecule is C=C(c1cc(OC)c(OC)c(OC)c1)c1ccc2c(c1)cc(/C=C/C(=O)OCC)n2C. The number of esters is 1. The average molecular weight is 421 g/mol. The predicted octanol–water partition coefficient (Wildman–Crippen LogP) is 4.84. The first kappa shape index (κ1) is 22.0. The molecule has 0 unspecified atom stereocenters. The minimum atomic E-state index is -0.357. The summed E-state index contributed by atoms with van der Waals surface area (Å²) < 4.78 is 23.3. The fourth-order valence-electron chi connectivity index (χ4n) is 3.48. The molecule has 0 aliphatic carbocycles. The van der Waals surface area contributed by atoms with Crippen molar-refractivity contribution in [1.82, 2.24) is 4.57 Å². The molecular formula is C25H27NO5. The molecule has 0 aliphatic heterocycles. The van der Waals surface area contributed by atoms with Crippen molar-refractivity contribution in [3.63, 3.8) is 0 Å². The maximum absolute atomic E-state index is 11.6. The third-order valence-electron chi connectivity index (χ3n) is 5.12. The third kappa shape index (κ3) is 4.43. The molecule has 0 bridgehead atoms. The van der Waals surface area contributed by atoms with Crippen LogP contribution in [0.15, 0.2) is 49.1 Å². The molecule has 6 heteroatoms. The molecular weight excluding hydrogens is 394 g/mol. The number of fused-ring (bicyclic) bond motifs is 1. The lowest BCUT2D eigenvalue weighted by molar-refractivity contribution is -0.137. The van der Waals surface area contributed by atoms with Crippen LogP contribution in [0.5, 0.6) is 17.2 Å². The van der Waals surface area contributed by atoms with Crippen molar-refractivity contribution in [2.45, 2.75) is 6.92 Å². The van der Waals surface area contributed by atoms with Crippen LogP contribution in [0, 0.1) is 0 Å². The van der Waals surface area contributed by atoms with E-state index >= 15 is 0 Å². The highest BCUT2D eigenvalue weighted by Crippen LogP contribution is 2.41. The van der Waals surface area contributed by atoms with Gasteiger partial charge in [0.05, 0.1) is 27.9 Å². The van der Waals surface area contributed by atoms with E-state index in [-0.39, 0.29) is 5.97 Å². The summed E-state index contributed by atoms with van der Waals surface area (Å²) in [5.41, 5.74) is 4.61. The van der Waals surface area contributed by atoms with Crippen LogP contribution in [0.2, 0.25) is 0 Å². The summed E-state index contributed by atoms with van der Waals surface area (Å²) in [5, 5.41) is 1.04. The van der Waals surface area contributed by atoms with Gasteiger partial charge in [-0.05, 0) is 60.0 Å². The number of aromatic nitrogens is 1. The highest BCUT2D eigenvalue weighted by Gasteiger charge is 2.16.